The van der Waals surface area contributed by atoms with Gasteiger partial charge in [-0.3, -0.25) is 9.59 Å². The van der Waals surface area contributed by atoms with Crippen LogP contribution in [-0.4, -0.2) is 51.4 Å². The summed E-state index contributed by atoms with van der Waals surface area (Å²) in [7, 11) is -1.50. The third kappa shape index (κ3) is 4.45. The zero-order chi connectivity index (χ0) is 16.2. The van der Waals surface area contributed by atoms with E-state index in [1.54, 1.807) is 18.2 Å². The van der Waals surface area contributed by atoms with Crippen LogP contribution in [0.5, 0.6) is 5.75 Å². The molecule has 8 heteroatoms. The van der Waals surface area contributed by atoms with Gasteiger partial charge in [0.05, 0.1) is 11.5 Å². The number of carbonyl (C=O) groups excluding carboxylic acids is 2. The summed E-state index contributed by atoms with van der Waals surface area (Å²) in [5.41, 5.74) is 0.433. The largest absolute Gasteiger partial charge is 0.484 e. The standard InChI is InChI=1S/C14H18N2O5S/c1-15-14(18)10-3-2-4-12(7-10)21-8-13(17)16-11-5-6-22(19,20)9-11/h2-4,7,11H,5-6,8-9H2,1H3,(H,15,18)(H,16,17)/t11-/m0/s1. The molecule has 0 bridgehead atoms. The predicted octanol–water partition coefficient (Wildman–Crippen LogP) is -0.272. The Morgan fingerprint density at radius 1 is 1.36 bits per heavy atom. The Kier molecular flexibility index (Phi) is 5.02. The molecule has 1 aromatic carbocycles. The molecule has 0 radical (unpaired) electrons. The quantitative estimate of drug-likeness (QED) is 0.775. The van der Waals surface area contributed by atoms with Gasteiger partial charge in [0.1, 0.15) is 5.75 Å². The maximum absolute atomic E-state index is 11.7. The van der Waals surface area contributed by atoms with E-state index >= 15 is 0 Å². The molecule has 0 spiro atoms. The lowest BCUT2D eigenvalue weighted by Crippen LogP contribution is -2.38. The van der Waals surface area contributed by atoms with Crippen molar-refractivity contribution in [1.29, 1.82) is 0 Å². The van der Waals surface area contributed by atoms with Crippen molar-refractivity contribution in [3.8, 4) is 5.75 Å². The molecule has 120 valence electrons. The van der Waals surface area contributed by atoms with Crippen LogP contribution >= 0.6 is 0 Å². The van der Waals surface area contributed by atoms with E-state index in [1.807, 2.05) is 0 Å². The van der Waals surface area contributed by atoms with Crippen molar-refractivity contribution in [3.63, 3.8) is 0 Å². The van der Waals surface area contributed by atoms with E-state index in [4.69, 9.17) is 4.74 Å². The van der Waals surface area contributed by atoms with Gasteiger partial charge < -0.3 is 15.4 Å². The Balaban J connectivity index is 1.85. The highest BCUT2D eigenvalue weighted by molar-refractivity contribution is 7.91. The first-order chi connectivity index (χ1) is 10.4. The molecule has 0 aliphatic carbocycles. The van der Waals surface area contributed by atoms with Crippen LogP contribution in [0.4, 0.5) is 0 Å². The number of nitrogens with one attached hydrogen (secondary N) is 2. The lowest BCUT2D eigenvalue weighted by molar-refractivity contribution is -0.123. The van der Waals surface area contributed by atoms with Gasteiger partial charge in [-0.15, -0.1) is 0 Å². The van der Waals surface area contributed by atoms with E-state index in [0.29, 0.717) is 17.7 Å². The van der Waals surface area contributed by atoms with Crippen molar-refractivity contribution < 1.29 is 22.7 Å². The Morgan fingerprint density at radius 2 is 2.14 bits per heavy atom. The highest BCUT2D eigenvalue weighted by Crippen LogP contribution is 2.14. The number of ether oxygens (including phenoxy) is 1. The number of hydrogen-bond acceptors (Lipinski definition) is 5. The minimum Gasteiger partial charge on any atom is -0.484 e. The van der Waals surface area contributed by atoms with Crippen LogP contribution in [0.25, 0.3) is 0 Å². The van der Waals surface area contributed by atoms with Crippen LogP contribution in [0.2, 0.25) is 0 Å². The molecule has 1 atom stereocenters. The summed E-state index contributed by atoms with van der Waals surface area (Å²) in [6.45, 7) is -0.228. The summed E-state index contributed by atoms with van der Waals surface area (Å²) < 4.78 is 27.9. The van der Waals surface area contributed by atoms with Crippen molar-refractivity contribution in [2.75, 3.05) is 25.2 Å². The van der Waals surface area contributed by atoms with Gasteiger partial charge in [0.2, 0.25) is 0 Å². The summed E-state index contributed by atoms with van der Waals surface area (Å²) in [5.74, 6) is -0.147. The van der Waals surface area contributed by atoms with E-state index in [1.165, 1.54) is 13.1 Å². The van der Waals surface area contributed by atoms with Gasteiger partial charge >= 0.3 is 0 Å². The van der Waals surface area contributed by atoms with E-state index in [2.05, 4.69) is 10.6 Å². The highest BCUT2D eigenvalue weighted by atomic mass is 32.2. The fraction of sp³-hybridized carbons (Fsp3) is 0.429. The number of rotatable bonds is 5. The summed E-state index contributed by atoms with van der Waals surface area (Å²) in [6.07, 6.45) is 0.431. The molecule has 0 saturated carbocycles. The third-order valence-electron chi connectivity index (χ3n) is 3.29. The normalized spacial score (nSPS) is 19.4. The lowest BCUT2D eigenvalue weighted by Gasteiger charge is -2.12. The van der Waals surface area contributed by atoms with Crippen molar-refractivity contribution in [2.45, 2.75) is 12.5 Å². The maximum Gasteiger partial charge on any atom is 0.258 e. The van der Waals surface area contributed by atoms with Gasteiger partial charge in [0.15, 0.2) is 16.4 Å². The fourth-order valence-electron chi connectivity index (χ4n) is 2.20. The Morgan fingerprint density at radius 3 is 2.77 bits per heavy atom. The van der Waals surface area contributed by atoms with Gasteiger partial charge in [-0.05, 0) is 24.6 Å². The first-order valence-corrected chi connectivity index (χ1v) is 8.66. The second kappa shape index (κ2) is 6.78. The zero-order valence-electron chi connectivity index (χ0n) is 12.2. The molecule has 0 unspecified atom stereocenters. The van der Waals surface area contributed by atoms with Crippen molar-refractivity contribution >= 4 is 21.7 Å². The molecule has 22 heavy (non-hydrogen) atoms. The van der Waals surface area contributed by atoms with Crippen LogP contribution < -0.4 is 15.4 Å². The molecule has 1 aliphatic heterocycles. The summed E-state index contributed by atoms with van der Waals surface area (Å²) in [4.78, 5) is 23.2. The number of sulfone groups is 1. The fourth-order valence-corrected chi connectivity index (χ4v) is 3.87. The maximum atomic E-state index is 11.7. The Bertz CT molecular complexity index is 672. The lowest BCUT2D eigenvalue weighted by atomic mass is 10.2. The minimum atomic E-state index is -3.03. The first kappa shape index (κ1) is 16.3. The number of amides is 2. The van der Waals surface area contributed by atoms with Gasteiger partial charge in [-0.25, -0.2) is 8.42 Å². The van der Waals surface area contributed by atoms with E-state index in [0.717, 1.165) is 0 Å². The monoisotopic (exact) mass is 326 g/mol. The molecule has 1 aliphatic rings. The van der Waals surface area contributed by atoms with E-state index in [9.17, 15) is 18.0 Å². The SMILES string of the molecule is CNC(=O)c1cccc(OCC(=O)N[C@H]2CCS(=O)(=O)C2)c1. The predicted molar refractivity (Wildman–Crippen MR) is 80.5 cm³/mol. The third-order valence-corrected chi connectivity index (χ3v) is 5.06. The molecule has 7 nitrogen and oxygen atoms in total. The van der Waals surface area contributed by atoms with Crippen LogP contribution in [0.3, 0.4) is 0 Å². The molecule has 1 heterocycles. The minimum absolute atomic E-state index is 0.0229. The Labute approximate surface area is 129 Å². The molecular weight excluding hydrogens is 308 g/mol. The van der Waals surface area contributed by atoms with Crippen molar-refractivity contribution in [3.05, 3.63) is 29.8 Å². The molecule has 1 fully saturated rings. The second-order valence-electron chi connectivity index (χ2n) is 5.06. The smallest absolute Gasteiger partial charge is 0.258 e. The van der Waals surface area contributed by atoms with Crippen LogP contribution in [0, 0.1) is 0 Å². The molecule has 2 rings (SSSR count). The molecule has 1 saturated heterocycles. The molecule has 1 aromatic rings. The van der Waals surface area contributed by atoms with Crippen LogP contribution in [0.1, 0.15) is 16.8 Å². The van der Waals surface area contributed by atoms with Crippen molar-refractivity contribution in [1.82, 2.24) is 10.6 Å². The molecular formula is C14H18N2O5S. The zero-order valence-corrected chi connectivity index (χ0v) is 13.0. The van der Waals surface area contributed by atoms with Gasteiger partial charge in [0, 0.05) is 18.7 Å². The Hall–Kier alpha value is -2.09. The molecule has 2 N–H and O–H groups in total. The average Bonchev–Trinajstić information content (AvgIpc) is 2.83. The summed E-state index contributed by atoms with van der Waals surface area (Å²) in [5, 5.41) is 5.13. The first-order valence-electron chi connectivity index (χ1n) is 6.84. The van der Waals surface area contributed by atoms with Gasteiger partial charge in [0.25, 0.3) is 11.8 Å². The van der Waals surface area contributed by atoms with Crippen molar-refractivity contribution in [2.24, 2.45) is 0 Å². The van der Waals surface area contributed by atoms with Gasteiger partial charge in [-0.2, -0.15) is 0 Å². The summed E-state index contributed by atoms with van der Waals surface area (Å²) in [6, 6.07) is 6.11. The highest BCUT2D eigenvalue weighted by Gasteiger charge is 2.28. The van der Waals surface area contributed by atoms with Gasteiger partial charge in [-0.1, -0.05) is 6.07 Å². The van der Waals surface area contributed by atoms with Crippen LogP contribution in [-0.2, 0) is 14.6 Å². The summed E-state index contributed by atoms with van der Waals surface area (Å²) >= 11 is 0. The molecule has 2 amide bonds. The second-order valence-corrected chi connectivity index (χ2v) is 7.29. The van der Waals surface area contributed by atoms with Crippen LogP contribution in [0.15, 0.2) is 24.3 Å². The van der Waals surface area contributed by atoms with E-state index < -0.39 is 9.84 Å². The number of hydrogen-bond donors (Lipinski definition) is 2. The molecule has 0 aromatic heterocycles. The topological polar surface area (TPSA) is 102 Å². The average molecular weight is 326 g/mol. The van der Waals surface area contributed by atoms with E-state index in [-0.39, 0.29) is 36.0 Å². The number of carbonyl (C=O) groups is 2. The number of benzene rings is 1.